The monoisotopic (exact) mass is 276 g/mol. The van der Waals surface area contributed by atoms with Crippen molar-refractivity contribution in [2.75, 3.05) is 13.2 Å². The lowest BCUT2D eigenvalue weighted by atomic mass is 9.73. The highest BCUT2D eigenvalue weighted by atomic mass is 16.5. The Morgan fingerprint density at radius 3 is 2.60 bits per heavy atom. The van der Waals surface area contributed by atoms with Crippen LogP contribution >= 0.6 is 0 Å². The van der Waals surface area contributed by atoms with E-state index in [-0.39, 0.29) is 0 Å². The smallest absolute Gasteiger partial charge is 0.137 e. The maximum atomic E-state index is 5.61. The van der Waals surface area contributed by atoms with E-state index in [4.69, 9.17) is 4.74 Å². The highest BCUT2D eigenvalue weighted by Gasteiger charge is 2.40. The van der Waals surface area contributed by atoms with Crippen LogP contribution in [0.1, 0.15) is 64.5 Å². The fourth-order valence-electron chi connectivity index (χ4n) is 3.66. The Morgan fingerprint density at radius 2 is 2.00 bits per heavy atom. The number of nitrogens with one attached hydrogen (secondary N) is 1. The Bertz CT molecular complexity index is 413. The fourth-order valence-corrected chi connectivity index (χ4v) is 3.66. The third-order valence-electron chi connectivity index (χ3n) is 4.70. The van der Waals surface area contributed by atoms with Gasteiger partial charge in [0.05, 0.1) is 12.8 Å². The lowest BCUT2D eigenvalue weighted by Crippen LogP contribution is -2.36. The molecule has 20 heavy (non-hydrogen) atoms. The molecular formula is C17H28N2O. The molecule has 1 heterocycles. The molecule has 112 valence electrons. The van der Waals surface area contributed by atoms with Crippen molar-refractivity contribution in [1.82, 2.24) is 10.3 Å². The Kier molecular flexibility index (Phi) is 5.41. The minimum absolute atomic E-state index is 0.391. The highest BCUT2D eigenvalue weighted by molar-refractivity contribution is 5.28. The third-order valence-corrected chi connectivity index (χ3v) is 4.70. The van der Waals surface area contributed by atoms with E-state index in [1.165, 1.54) is 37.7 Å². The van der Waals surface area contributed by atoms with E-state index in [2.05, 4.69) is 30.2 Å². The Balaban J connectivity index is 2.29. The normalized spacial score (nSPS) is 18.9. The van der Waals surface area contributed by atoms with Crippen molar-refractivity contribution in [3.63, 3.8) is 0 Å². The molecule has 1 saturated carbocycles. The molecular weight excluding hydrogens is 248 g/mol. The van der Waals surface area contributed by atoms with Crippen molar-refractivity contribution in [1.29, 1.82) is 0 Å². The summed E-state index contributed by atoms with van der Waals surface area (Å²) in [6, 6.07) is 2.56. The van der Waals surface area contributed by atoms with Crippen molar-refractivity contribution < 1.29 is 4.74 Å². The van der Waals surface area contributed by atoms with Gasteiger partial charge in [-0.25, -0.2) is 0 Å². The van der Waals surface area contributed by atoms with Gasteiger partial charge in [0.1, 0.15) is 5.75 Å². The second kappa shape index (κ2) is 7.07. The maximum Gasteiger partial charge on any atom is 0.137 e. The molecule has 1 fully saturated rings. The number of aromatic nitrogens is 1. The minimum atomic E-state index is 0.391. The zero-order chi connectivity index (χ0) is 14.4. The van der Waals surface area contributed by atoms with Gasteiger partial charge >= 0.3 is 0 Å². The number of pyridine rings is 1. The van der Waals surface area contributed by atoms with Crippen molar-refractivity contribution in [2.24, 2.45) is 5.41 Å². The maximum absolute atomic E-state index is 5.61. The third kappa shape index (κ3) is 3.14. The van der Waals surface area contributed by atoms with E-state index < -0.39 is 0 Å². The van der Waals surface area contributed by atoms with Gasteiger partial charge in [-0.15, -0.1) is 0 Å². The van der Waals surface area contributed by atoms with Crippen LogP contribution in [0.15, 0.2) is 18.5 Å². The summed E-state index contributed by atoms with van der Waals surface area (Å²) in [5.74, 6) is 0.886. The number of nitrogens with zero attached hydrogens (tertiary/aromatic N) is 1. The molecule has 0 bridgehead atoms. The molecule has 1 N–H and O–H groups in total. The zero-order valence-corrected chi connectivity index (χ0v) is 13.1. The Morgan fingerprint density at radius 1 is 1.25 bits per heavy atom. The molecule has 0 amide bonds. The van der Waals surface area contributed by atoms with Gasteiger partial charge in [-0.3, -0.25) is 4.98 Å². The van der Waals surface area contributed by atoms with Crippen molar-refractivity contribution >= 4 is 0 Å². The summed E-state index contributed by atoms with van der Waals surface area (Å²) < 4.78 is 5.61. The lowest BCUT2D eigenvalue weighted by Gasteiger charge is -2.38. The van der Waals surface area contributed by atoms with Gasteiger partial charge in [-0.2, -0.15) is 0 Å². The summed E-state index contributed by atoms with van der Waals surface area (Å²) >= 11 is 0. The van der Waals surface area contributed by atoms with E-state index >= 15 is 0 Å². The Labute approximate surface area is 123 Å². The zero-order valence-electron chi connectivity index (χ0n) is 13.1. The van der Waals surface area contributed by atoms with Crippen LogP contribution in [0.5, 0.6) is 5.75 Å². The molecule has 0 aromatic carbocycles. The average Bonchev–Trinajstić information content (AvgIpc) is 2.95. The molecule has 1 atom stereocenters. The molecule has 3 nitrogen and oxygen atoms in total. The van der Waals surface area contributed by atoms with Crippen molar-refractivity contribution in [2.45, 2.75) is 58.9 Å². The fraction of sp³-hybridized carbons (Fsp3) is 0.706. The molecule has 3 heteroatoms. The van der Waals surface area contributed by atoms with Gasteiger partial charge < -0.3 is 10.1 Å². The summed E-state index contributed by atoms with van der Waals surface area (Å²) in [4.78, 5) is 4.38. The van der Waals surface area contributed by atoms with Crippen LogP contribution in [0.3, 0.4) is 0 Å². The van der Waals surface area contributed by atoms with Crippen LogP contribution in [-0.2, 0) is 0 Å². The average molecular weight is 276 g/mol. The molecule has 0 spiro atoms. The first-order valence-electron chi connectivity index (χ1n) is 8.07. The predicted octanol–water partition coefficient (Wildman–Crippen LogP) is 4.10. The summed E-state index contributed by atoms with van der Waals surface area (Å²) in [6.07, 6.45) is 10.4. The summed E-state index contributed by atoms with van der Waals surface area (Å²) in [5.41, 5.74) is 1.67. The van der Waals surface area contributed by atoms with Crippen LogP contribution in [-0.4, -0.2) is 18.1 Å². The van der Waals surface area contributed by atoms with Gasteiger partial charge in [-0.05, 0) is 49.8 Å². The van der Waals surface area contributed by atoms with Crippen LogP contribution in [0.25, 0.3) is 0 Å². The molecule has 1 aromatic heterocycles. The largest absolute Gasteiger partial charge is 0.492 e. The first kappa shape index (κ1) is 15.3. The molecule has 1 aliphatic carbocycles. The van der Waals surface area contributed by atoms with Crippen LogP contribution < -0.4 is 10.1 Å². The number of ether oxygens (including phenoxy) is 1. The van der Waals surface area contributed by atoms with E-state index in [1.807, 2.05) is 19.3 Å². The van der Waals surface area contributed by atoms with Crippen LogP contribution in [0.2, 0.25) is 0 Å². The lowest BCUT2D eigenvalue weighted by molar-refractivity contribution is 0.188. The van der Waals surface area contributed by atoms with Gasteiger partial charge in [0, 0.05) is 12.2 Å². The van der Waals surface area contributed by atoms with E-state index in [1.54, 1.807) is 0 Å². The quantitative estimate of drug-likeness (QED) is 0.814. The van der Waals surface area contributed by atoms with Crippen LogP contribution in [0, 0.1) is 5.41 Å². The number of rotatable bonds is 7. The molecule has 0 saturated heterocycles. The van der Waals surface area contributed by atoms with Crippen molar-refractivity contribution in [3.05, 3.63) is 24.0 Å². The summed E-state index contributed by atoms with van der Waals surface area (Å²) in [6.45, 7) is 8.21. The van der Waals surface area contributed by atoms with Gasteiger partial charge in [-0.1, -0.05) is 26.7 Å². The van der Waals surface area contributed by atoms with Gasteiger partial charge in [0.2, 0.25) is 0 Å². The Hall–Kier alpha value is -1.09. The number of hydrogen-bond donors (Lipinski definition) is 1. The second-order valence-electron chi connectivity index (χ2n) is 5.80. The second-order valence-corrected chi connectivity index (χ2v) is 5.80. The minimum Gasteiger partial charge on any atom is -0.492 e. The molecule has 0 radical (unpaired) electrons. The molecule has 0 aliphatic heterocycles. The van der Waals surface area contributed by atoms with Gasteiger partial charge in [0.25, 0.3) is 0 Å². The van der Waals surface area contributed by atoms with E-state index in [0.29, 0.717) is 18.1 Å². The number of hydrogen-bond acceptors (Lipinski definition) is 3. The molecule has 2 rings (SSSR count). The molecule has 1 aliphatic rings. The van der Waals surface area contributed by atoms with E-state index in [0.717, 1.165) is 12.3 Å². The molecule has 1 aromatic rings. The standard InChI is InChI=1S/C17H28N2O/c1-4-17(9-7-8-10-17)16(19-5-2)14-11-15(20-6-3)13-18-12-14/h11-13,16,19H,4-10H2,1-3H3. The van der Waals surface area contributed by atoms with E-state index in [9.17, 15) is 0 Å². The highest BCUT2D eigenvalue weighted by Crippen LogP contribution is 2.50. The van der Waals surface area contributed by atoms with Crippen molar-refractivity contribution in [3.8, 4) is 5.75 Å². The molecule has 1 unspecified atom stereocenters. The van der Waals surface area contributed by atoms with Gasteiger partial charge in [0.15, 0.2) is 0 Å². The topological polar surface area (TPSA) is 34.2 Å². The SMILES string of the molecule is CCNC(c1cncc(OCC)c1)C1(CC)CCCC1. The first-order chi connectivity index (χ1) is 9.75. The summed E-state index contributed by atoms with van der Waals surface area (Å²) in [7, 11) is 0. The summed E-state index contributed by atoms with van der Waals surface area (Å²) in [5, 5.41) is 3.71. The van der Waals surface area contributed by atoms with Crippen LogP contribution in [0.4, 0.5) is 0 Å². The predicted molar refractivity (Wildman–Crippen MR) is 83.0 cm³/mol. The first-order valence-corrected chi connectivity index (χ1v) is 8.07.